The van der Waals surface area contributed by atoms with Gasteiger partial charge >= 0.3 is 18.2 Å². The van der Waals surface area contributed by atoms with Crippen molar-refractivity contribution >= 4 is 93.7 Å². The number of allylic oxidation sites excluding steroid dienone is 3. The summed E-state index contributed by atoms with van der Waals surface area (Å²) < 4.78 is 35.1. The van der Waals surface area contributed by atoms with Crippen LogP contribution < -0.4 is 57.3 Å². The van der Waals surface area contributed by atoms with Crippen LogP contribution in [0.15, 0.2) is 66.3 Å². The molecular formula is C56H75ClN10O15S. The number of alkyl carbamates (subject to hydrolysis) is 1. The predicted molar refractivity (Wildman–Crippen MR) is 311 cm³/mol. The van der Waals surface area contributed by atoms with Gasteiger partial charge in [-0.1, -0.05) is 56.2 Å². The number of rotatable bonds is 20. The molecule has 0 aliphatic carbocycles. The van der Waals surface area contributed by atoms with E-state index in [4.69, 9.17) is 58.0 Å². The molecule has 10 N–H and O–H groups in total. The van der Waals surface area contributed by atoms with Crippen molar-refractivity contribution in [3.63, 3.8) is 0 Å². The number of aliphatic hydroxyl groups is 1. The summed E-state index contributed by atoms with van der Waals surface area (Å²) in [7, 11) is 5.72. The van der Waals surface area contributed by atoms with Crippen LogP contribution in [0, 0.1) is 11.8 Å². The molecule has 9 atom stereocenters. The number of imide groups is 1. The molecule has 0 radical (unpaired) electrons. The van der Waals surface area contributed by atoms with Crippen LogP contribution in [0.5, 0.6) is 11.5 Å². The Morgan fingerprint density at radius 3 is 2.31 bits per heavy atom. The summed E-state index contributed by atoms with van der Waals surface area (Å²) in [6.45, 7) is 9.63. The number of carbonyl (C=O) groups excluding carboxylic acids is 8. The highest BCUT2D eigenvalue weighted by Crippen LogP contribution is 2.49. The van der Waals surface area contributed by atoms with E-state index in [-0.39, 0.29) is 77.3 Å². The number of amides is 9. The Morgan fingerprint density at radius 1 is 0.952 bits per heavy atom. The number of nitrogens with one attached hydrogen (secondary N) is 7. The van der Waals surface area contributed by atoms with Crippen LogP contribution in [-0.2, 0) is 49.3 Å². The minimum absolute atomic E-state index is 0.0648. The third-order valence-electron chi connectivity index (χ3n) is 14.7. The normalized spacial score (nSPS) is 25.1. The maximum atomic E-state index is 14.5. The lowest BCUT2D eigenvalue weighted by Gasteiger charge is -2.42. The average molecular weight is 1200 g/mol. The summed E-state index contributed by atoms with van der Waals surface area (Å²) in [6, 6.07) is 5.04. The van der Waals surface area contributed by atoms with Crippen molar-refractivity contribution in [1.82, 2.24) is 31.5 Å². The van der Waals surface area contributed by atoms with Crippen molar-refractivity contribution in [1.29, 1.82) is 0 Å². The van der Waals surface area contributed by atoms with Crippen LogP contribution in [0.3, 0.4) is 0 Å². The first-order valence-corrected chi connectivity index (χ1v) is 27.9. The highest BCUT2D eigenvalue weighted by atomic mass is 35.5. The predicted octanol–water partition coefficient (Wildman–Crippen LogP) is 4.45. The van der Waals surface area contributed by atoms with Gasteiger partial charge in [-0.25, -0.2) is 14.4 Å². The number of unbranched alkanes of at least 4 members (excludes halogenated alkanes) is 1. The number of fused-ring (bicyclic) bond motifs is 5. The Hall–Kier alpha value is -7.52. The molecule has 4 bridgehead atoms. The van der Waals surface area contributed by atoms with Crippen molar-refractivity contribution < 1.29 is 71.9 Å². The van der Waals surface area contributed by atoms with E-state index in [1.165, 1.54) is 63.6 Å². The number of hydrogen-bond donors (Lipinski definition) is 9. The van der Waals surface area contributed by atoms with Crippen LogP contribution in [0.1, 0.15) is 78.7 Å². The molecule has 0 saturated carbocycles. The van der Waals surface area contributed by atoms with E-state index in [0.29, 0.717) is 37.2 Å². The number of ether oxygens (including phenoxy) is 6. The topological polar surface area (TPSA) is 332 Å². The van der Waals surface area contributed by atoms with Gasteiger partial charge in [0.05, 0.1) is 38.1 Å². The number of nitrogens with zero attached hydrogens (tertiary/aromatic N) is 2. The maximum Gasteiger partial charge on any atom is 0.412 e. The van der Waals surface area contributed by atoms with Crippen LogP contribution >= 0.6 is 23.8 Å². The number of anilines is 3. The highest BCUT2D eigenvalue weighted by molar-refractivity contribution is 7.80. The molecule has 6 rings (SSSR count). The maximum absolute atomic E-state index is 14.5. The van der Waals surface area contributed by atoms with Gasteiger partial charge in [0.2, 0.25) is 17.7 Å². The van der Waals surface area contributed by atoms with Crippen molar-refractivity contribution in [3.8, 4) is 11.5 Å². The summed E-state index contributed by atoms with van der Waals surface area (Å²) in [5, 5.41) is 31.5. The Labute approximate surface area is 492 Å². The minimum atomic E-state index is -1.91. The molecule has 9 amide bonds. The number of thiocarbonyl (C=S) groups is 1. The molecule has 4 heterocycles. The van der Waals surface area contributed by atoms with E-state index in [2.05, 4.69) is 37.2 Å². The molecule has 25 nitrogen and oxygen atoms in total. The zero-order valence-corrected chi connectivity index (χ0v) is 49.5. The average Bonchev–Trinajstić information content (AvgIpc) is 1.99. The van der Waals surface area contributed by atoms with E-state index < -0.39 is 96.1 Å². The van der Waals surface area contributed by atoms with Gasteiger partial charge in [0.1, 0.15) is 52.5 Å². The molecule has 0 spiro atoms. The van der Waals surface area contributed by atoms with E-state index in [1.807, 2.05) is 13.0 Å². The van der Waals surface area contributed by atoms with Crippen molar-refractivity contribution in [3.05, 3.63) is 76.9 Å². The summed E-state index contributed by atoms with van der Waals surface area (Å²) >= 11 is 12.3. The zero-order chi connectivity index (χ0) is 60.9. The third-order valence-corrected chi connectivity index (χ3v) is 15.4. The molecule has 2 aromatic rings. The molecule has 2 aromatic carbocycles. The van der Waals surface area contributed by atoms with Crippen LogP contribution in [0.2, 0.25) is 5.02 Å². The van der Waals surface area contributed by atoms with Crippen molar-refractivity contribution in [2.24, 2.45) is 17.6 Å². The number of hydrogen-bond acceptors (Lipinski definition) is 16. The number of methoxy groups -OCH3 is 3. The SMILES string of the molecule is COc1cc(NC(=O)[C@H](CCCNC(N)=O)NC(=O)[C@@H](NC(=S)NCCCCN2C(=O)C=CC2=O)C(C)C)ccc1NC(=O)O[C@H]1CC(=O)N(C)c2cc(cc(OC)c2Cl)C/C(C)=C/C=C/[C@@H](OC)[C@@]2(O)C[C@H](OC(=O)N2)[C@@H](C)[C@@H]2O[C@@]12C. The number of nitrogens with two attached hydrogens (primary N) is 1. The second-order valence-electron chi connectivity index (χ2n) is 21.2. The lowest BCUT2D eigenvalue weighted by atomic mass is 9.83. The molecule has 2 saturated heterocycles. The molecular weight excluding hydrogens is 1120 g/mol. The fourth-order valence-corrected chi connectivity index (χ4v) is 10.5. The van der Waals surface area contributed by atoms with E-state index in [0.717, 1.165) is 16.0 Å². The first-order chi connectivity index (χ1) is 39.3. The van der Waals surface area contributed by atoms with E-state index >= 15 is 0 Å². The fourth-order valence-electron chi connectivity index (χ4n) is 10.00. The van der Waals surface area contributed by atoms with Gasteiger partial charge in [-0.15, -0.1) is 0 Å². The Morgan fingerprint density at radius 2 is 1.65 bits per heavy atom. The molecule has 27 heteroatoms. The van der Waals surface area contributed by atoms with E-state index in [1.54, 1.807) is 52.0 Å². The van der Waals surface area contributed by atoms with Gasteiger partial charge in [0, 0.05) is 70.0 Å². The van der Waals surface area contributed by atoms with Gasteiger partial charge < -0.3 is 70.7 Å². The number of carbonyl (C=O) groups is 8. The van der Waals surface area contributed by atoms with Crippen LogP contribution in [0.4, 0.5) is 31.4 Å². The molecule has 4 aliphatic rings. The monoisotopic (exact) mass is 1190 g/mol. The van der Waals surface area contributed by atoms with Gasteiger partial charge in [0.15, 0.2) is 10.8 Å². The smallest absolute Gasteiger partial charge is 0.412 e. The van der Waals surface area contributed by atoms with Crippen LogP contribution in [0.25, 0.3) is 0 Å². The number of primary amides is 1. The van der Waals surface area contributed by atoms with Crippen molar-refractivity contribution in [2.75, 3.05) is 63.5 Å². The minimum Gasteiger partial charge on any atom is -0.495 e. The Bertz CT molecular complexity index is 2870. The van der Waals surface area contributed by atoms with Gasteiger partial charge in [-0.2, -0.15) is 0 Å². The van der Waals surface area contributed by atoms with Crippen molar-refractivity contribution in [2.45, 2.75) is 127 Å². The van der Waals surface area contributed by atoms with E-state index in [9.17, 15) is 43.5 Å². The summed E-state index contributed by atoms with van der Waals surface area (Å²) in [4.78, 5) is 107. The standard InChI is InChI=1S/C56H75ClN10O15S/c1-30(2)47(64-52(83)60-21-10-11-23-67-43(68)19-20-44(67)69)50(72)62-36(15-13-22-59-51(58)73)49(71)61-34-17-18-35(38(27-34)77-7)63-53(74)81-42-28-45(70)66(6)37-25-33(26-39(78-8)46(37)57)24-31(3)14-12-16-41(79-9)56(76)29-40(80-54(75)65-56)32(4)48-55(42,5)82-48/h12,14,16-20,25-27,30,32,36,40-42,47-48,76H,10-11,13,15,21-24,28-29H2,1-9H3,(H,61,71)(H,62,72)(H,63,74)(H,65,75)(H3,58,59,73)(H2,60,64,83)/b16-12+,31-14+/t32-,36+,40+,41-,42+,47+,48+,55+,56+/m1/s1. The van der Waals surface area contributed by atoms with Crippen LogP contribution in [-0.4, -0.2) is 159 Å². The fraction of sp³-hybridized carbons (Fsp3) is 0.518. The first kappa shape index (κ1) is 64.6. The van der Waals surface area contributed by atoms with Gasteiger partial charge in [-0.05, 0) is 93.9 Å². The quantitative estimate of drug-likeness (QED) is 0.0383. The number of benzene rings is 2. The first-order valence-electron chi connectivity index (χ1n) is 27.1. The summed E-state index contributed by atoms with van der Waals surface area (Å²) in [5.41, 5.74) is 4.25. The Kier molecular flexibility index (Phi) is 22.3. The number of epoxide rings is 1. The third kappa shape index (κ3) is 16.8. The zero-order valence-electron chi connectivity index (χ0n) is 47.9. The largest absolute Gasteiger partial charge is 0.495 e. The molecule has 4 aliphatic heterocycles. The molecule has 83 heavy (non-hydrogen) atoms. The molecule has 2 fully saturated rings. The lowest BCUT2D eigenvalue weighted by Crippen LogP contribution is -2.63. The molecule has 452 valence electrons. The Balaban J connectivity index is 1.18. The number of halogens is 1. The highest BCUT2D eigenvalue weighted by Gasteiger charge is 2.64. The lowest BCUT2D eigenvalue weighted by molar-refractivity contribution is -0.142. The second-order valence-corrected chi connectivity index (χ2v) is 22.0. The molecule has 0 aromatic heterocycles. The molecule has 0 unspecified atom stereocenters. The summed E-state index contributed by atoms with van der Waals surface area (Å²) in [5.74, 6) is -2.99. The summed E-state index contributed by atoms with van der Waals surface area (Å²) in [6.07, 6.45) is 2.91. The number of urea groups is 1. The second kappa shape index (κ2) is 28.6. The van der Waals surface area contributed by atoms with Gasteiger partial charge in [-0.3, -0.25) is 39.5 Å². The van der Waals surface area contributed by atoms with Gasteiger partial charge in [0.25, 0.3) is 11.8 Å².